The van der Waals surface area contributed by atoms with E-state index >= 15 is 0 Å². The van der Waals surface area contributed by atoms with Crippen LogP contribution in [-0.4, -0.2) is 81.9 Å². The Morgan fingerprint density at radius 2 is 1.49 bits per heavy atom. The number of likely N-dealkylation sites (tertiary alicyclic amines) is 1. The van der Waals surface area contributed by atoms with Crippen LogP contribution < -0.4 is 15.4 Å². The van der Waals surface area contributed by atoms with Gasteiger partial charge in [-0.25, -0.2) is 4.79 Å². The molecule has 2 aliphatic rings. The molecule has 272 valence electrons. The van der Waals surface area contributed by atoms with Gasteiger partial charge in [-0.15, -0.1) is 13.2 Å². The molecule has 15 heteroatoms. The fraction of sp³-hybridized carbons (Fsp3) is 0.559. The fourth-order valence-electron chi connectivity index (χ4n) is 5.37. The third-order valence-corrected chi connectivity index (χ3v) is 7.92. The van der Waals surface area contributed by atoms with Crippen LogP contribution >= 0.6 is 0 Å². The second-order valence-corrected chi connectivity index (χ2v) is 11.9. The van der Waals surface area contributed by atoms with E-state index in [2.05, 4.69) is 29.2 Å². The molecular formula is C34H50BF3N4O7. The highest BCUT2D eigenvalue weighted by Gasteiger charge is 2.34. The molecule has 5 N–H and O–H groups in total. The molecule has 2 heterocycles. The zero-order chi connectivity index (χ0) is 36.2. The molecule has 2 aromatic rings. The Hall–Kier alpha value is -3.82. The van der Waals surface area contributed by atoms with Gasteiger partial charge in [-0.3, -0.25) is 14.5 Å². The first kappa shape index (κ1) is 41.4. The van der Waals surface area contributed by atoms with Crippen LogP contribution in [0.25, 0.3) is 0 Å². The number of unbranched alkanes of at least 4 members (excludes halogenated alkanes) is 6. The molecule has 0 spiro atoms. The molecule has 1 unspecified atom stereocenters. The first-order chi connectivity index (χ1) is 23.3. The van der Waals surface area contributed by atoms with Gasteiger partial charge >= 0.3 is 19.6 Å². The van der Waals surface area contributed by atoms with Crippen molar-refractivity contribution in [3.8, 4) is 5.75 Å². The summed E-state index contributed by atoms with van der Waals surface area (Å²) in [7, 11) is -1.66. The Balaban J connectivity index is 0.000000322. The van der Waals surface area contributed by atoms with E-state index in [1.54, 1.807) is 0 Å². The molecule has 4 rings (SSSR count). The number of alkyl halides is 3. The van der Waals surface area contributed by atoms with Gasteiger partial charge in [0.25, 0.3) is 0 Å². The number of halogens is 3. The minimum absolute atomic E-state index is 0.0484. The van der Waals surface area contributed by atoms with Crippen LogP contribution in [0.2, 0.25) is 0 Å². The first-order valence-electron chi connectivity index (χ1n) is 16.9. The van der Waals surface area contributed by atoms with Gasteiger partial charge in [0.05, 0.1) is 13.0 Å². The quantitative estimate of drug-likeness (QED) is 0.133. The third-order valence-electron chi connectivity index (χ3n) is 7.92. The maximum atomic E-state index is 12.3. The lowest BCUT2D eigenvalue weighted by Gasteiger charge is -2.24. The van der Waals surface area contributed by atoms with Gasteiger partial charge in [-0.1, -0.05) is 95.2 Å². The zero-order valence-electron chi connectivity index (χ0n) is 28.4. The molecule has 2 aromatic carbocycles. The molecule has 0 bridgehead atoms. The van der Waals surface area contributed by atoms with E-state index in [-0.39, 0.29) is 31.2 Å². The SMILES string of the molecule is CCCCCCCCC.O=C(NCB(O)O)C1CCCN1C(=O)CNCc1ccc(OC(F)(F)F)cc1.O=C(O)N1Cc2ccccc2C1. The number of benzene rings is 2. The van der Waals surface area contributed by atoms with Crippen molar-refractivity contribution < 1.29 is 47.4 Å². The number of hydrogen-bond acceptors (Lipinski definition) is 7. The largest absolute Gasteiger partial charge is 0.573 e. The van der Waals surface area contributed by atoms with Gasteiger partial charge in [-0.2, -0.15) is 0 Å². The maximum absolute atomic E-state index is 12.3. The molecule has 11 nitrogen and oxygen atoms in total. The Kier molecular flexibility index (Phi) is 18.6. The predicted octanol–water partition coefficient (Wildman–Crippen LogP) is 5.23. The summed E-state index contributed by atoms with van der Waals surface area (Å²) in [6.45, 7) is 6.22. The first-order valence-corrected chi connectivity index (χ1v) is 16.9. The van der Waals surface area contributed by atoms with Crippen LogP contribution in [0.15, 0.2) is 48.5 Å². The van der Waals surface area contributed by atoms with Crippen molar-refractivity contribution in [3.05, 3.63) is 65.2 Å². The normalized spacial score (nSPS) is 15.0. The van der Waals surface area contributed by atoms with Crippen LogP contribution in [0.3, 0.4) is 0 Å². The van der Waals surface area contributed by atoms with Gasteiger partial charge in [0.2, 0.25) is 11.8 Å². The molecular weight excluding hydrogens is 644 g/mol. The van der Waals surface area contributed by atoms with Gasteiger partial charge < -0.3 is 35.4 Å². The number of hydrogen-bond donors (Lipinski definition) is 5. The lowest BCUT2D eigenvalue weighted by Crippen LogP contribution is -2.50. The Morgan fingerprint density at radius 3 is 2.00 bits per heavy atom. The average molecular weight is 695 g/mol. The van der Waals surface area contributed by atoms with E-state index in [4.69, 9.17) is 15.2 Å². The number of fused-ring (bicyclic) bond motifs is 1. The number of rotatable bonds is 14. The monoisotopic (exact) mass is 694 g/mol. The molecule has 0 saturated carbocycles. The third kappa shape index (κ3) is 16.4. The summed E-state index contributed by atoms with van der Waals surface area (Å²) in [6, 6.07) is 12.4. The summed E-state index contributed by atoms with van der Waals surface area (Å²) in [5.74, 6) is -1.07. The lowest BCUT2D eigenvalue weighted by molar-refractivity contribution is -0.274. The Morgan fingerprint density at radius 1 is 0.918 bits per heavy atom. The van der Waals surface area contributed by atoms with Gasteiger partial charge in [-0.05, 0) is 41.7 Å². The van der Waals surface area contributed by atoms with Crippen LogP contribution in [0.1, 0.15) is 88.3 Å². The molecule has 3 amide bonds. The van der Waals surface area contributed by atoms with Crippen LogP contribution in [-0.2, 0) is 29.2 Å². The Labute approximate surface area is 287 Å². The number of ether oxygens (including phenoxy) is 1. The predicted molar refractivity (Wildman–Crippen MR) is 180 cm³/mol. The van der Waals surface area contributed by atoms with E-state index < -0.39 is 31.5 Å². The minimum atomic E-state index is -4.75. The standard InChI is InChI=1S/C16H21BF3N3O5.C9H9NO2.C9H20/c18-16(19,20)28-12-5-3-11(4-6-12)8-21-9-14(24)23-7-1-2-13(23)15(25)22-10-17(26)27;11-9(12)10-5-7-3-1-2-4-8(7)6-10;1-3-5-7-9-8-6-4-2/h3-6,13,21,26-27H,1-2,7-10H2,(H,22,25);1-4H,5-6H2,(H,11,12);3-9H2,1-2H3. The molecule has 2 aliphatic heterocycles. The number of amides is 3. The van der Waals surface area contributed by atoms with Crippen molar-refractivity contribution in [2.24, 2.45) is 0 Å². The van der Waals surface area contributed by atoms with Crippen molar-refractivity contribution in [2.45, 2.75) is 104 Å². The van der Waals surface area contributed by atoms with Gasteiger partial charge in [0, 0.05) is 26.2 Å². The van der Waals surface area contributed by atoms with Gasteiger partial charge in [0.1, 0.15) is 11.8 Å². The smallest absolute Gasteiger partial charge is 0.465 e. The summed E-state index contributed by atoms with van der Waals surface area (Å²) in [5.41, 5.74) is 2.91. The summed E-state index contributed by atoms with van der Waals surface area (Å²) in [6.07, 6.45) is 5.21. The van der Waals surface area contributed by atoms with E-state index in [0.29, 0.717) is 38.0 Å². The van der Waals surface area contributed by atoms with Crippen molar-refractivity contribution >= 4 is 25.0 Å². The molecule has 1 atom stereocenters. The highest BCUT2D eigenvalue weighted by molar-refractivity contribution is 6.41. The molecule has 0 aliphatic carbocycles. The molecule has 0 radical (unpaired) electrons. The number of carbonyl (C=O) groups excluding carboxylic acids is 2. The fourth-order valence-corrected chi connectivity index (χ4v) is 5.37. The Bertz CT molecular complexity index is 1250. The molecule has 0 aromatic heterocycles. The van der Waals surface area contributed by atoms with Crippen LogP contribution in [0, 0.1) is 0 Å². The van der Waals surface area contributed by atoms with Crippen molar-refractivity contribution in [3.63, 3.8) is 0 Å². The van der Waals surface area contributed by atoms with Crippen molar-refractivity contribution in [1.82, 2.24) is 20.4 Å². The summed E-state index contributed by atoms with van der Waals surface area (Å²) < 4.78 is 40.2. The lowest BCUT2D eigenvalue weighted by atomic mass is 9.92. The molecule has 49 heavy (non-hydrogen) atoms. The van der Waals surface area contributed by atoms with Crippen molar-refractivity contribution in [2.75, 3.05) is 19.5 Å². The van der Waals surface area contributed by atoms with Crippen LogP contribution in [0.5, 0.6) is 5.75 Å². The number of nitrogens with one attached hydrogen (secondary N) is 2. The van der Waals surface area contributed by atoms with Crippen molar-refractivity contribution in [1.29, 1.82) is 0 Å². The second-order valence-electron chi connectivity index (χ2n) is 11.9. The van der Waals surface area contributed by atoms with E-state index in [1.165, 1.54) is 79.0 Å². The zero-order valence-corrected chi connectivity index (χ0v) is 28.4. The second kappa shape index (κ2) is 22.0. The topological polar surface area (TPSA) is 152 Å². The molecule has 1 fully saturated rings. The minimum Gasteiger partial charge on any atom is -0.465 e. The number of nitrogens with zero attached hydrogens (tertiary/aromatic N) is 2. The van der Waals surface area contributed by atoms with Gasteiger partial charge in [0.15, 0.2) is 0 Å². The maximum Gasteiger partial charge on any atom is 0.573 e. The molecule has 1 saturated heterocycles. The number of carboxylic acid groups (broad SMARTS) is 1. The summed E-state index contributed by atoms with van der Waals surface area (Å²) in [5, 5.41) is 31.6. The summed E-state index contributed by atoms with van der Waals surface area (Å²) in [4.78, 5) is 37.8. The number of carbonyl (C=O) groups is 3. The van der Waals surface area contributed by atoms with E-state index in [1.807, 2.05) is 24.3 Å². The highest BCUT2D eigenvalue weighted by atomic mass is 19.4. The highest BCUT2D eigenvalue weighted by Crippen LogP contribution is 2.23. The summed E-state index contributed by atoms with van der Waals surface area (Å²) >= 11 is 0. The van der Waals surface area contributed by atoms with E-state index in [0.717, 1.165) is 11.1 Å². The van der Waals surface area contributed by atoms with E-state index in [9.17, 15) is 27.6 Å². The van der Waals surface area contributed by atoms with Crippen LogP contribution in [0.4, 0.5) is 18.0 Å². The average Bonchev–Trinajstić information content (AvgIpc) is 3.73.